The molecule has 2 aliphatic rings. The van der Waals surface area contributed by atoms with Gasteiger partial charge in [-0.05, 0) is 0 Å². The third kappa shape index (κ3) is 2.97. The third-order valence-corrected chi connectivity index (χ3v) is 4.06. The molecule has 3 rings (SSSR count). The first-order valence-corrected chi connectivity index (χ1v) is 7.37. The van der Waals surface area contributed by atoms with E-state index in [1.807, 2.05) is 0 Å². The van der Waals surface area contributed by atoms with Crippen LogP contribution in [-0.2, 0) is 33.6 Å². The van der Waals surface area contributed by atoms with Crippen molar-refractivity contribution in [2.24, 2.45) is 0 Å². The molecule has 0 spiro atoms. The number of aromatic nitrogens is 3. The molecule has 11 heteroatoms. The van der Waals surface area contributed by atoms with Crippen LogP contribution in [0.4, 0.5) is 13.2 Å². The summed E-state index contributed by atoms with van der Waals surface area (Å²) in [6, 6.07) is 0. The molecule has 3 heterocycles. The Morgan fingerprint density at radius 3 is 2.38 bits per heavy atom. The van der Waals surface area contributed by atoms with Gasteiger partial charge in [-0.3, -0.25) is 19.3 Å². The predicted octanol–water partition coefficient (Wildman–Crippen LogP) is 0.178. The number of rotatable bonds is 3. The standard InChI is InChI=1S/C13H14F3N5O3/c14-13(15,16)12-18-17-8-7-19(5-6-20(8)12)9(22)3-4-21-10(23)1-2-11(21)24/h1-7H2. The molecule has 130 valence electrons. The van der Waals surface area contributed by atoms with Crippen LogP contribution in [0.5, 0.6) is 0 Å². The number of nitrogens with zero attached hydrogens (tertiary/aromatic N) is 5. The molecule has 0 aromatic carbocycles. The van der Waals surface area contributed by atoms with Gasteiger partial charge in [-0.15, -0.1) is 10.2 Å². The largest absolute Gasteiger partial charge is 0.451 e. The summed E-state index contributed by atoms with van der Waals surface area (Å²) in [6.45, 7) is -0.0450. The molecule has 24 heavy (non-hydrogen) atoms. The molecule has 3 amide bonds. The molecular formula is C13H14F3N5O3. The number of likely N-dealkylation sites (tertiary alicyclic amines) is 1. The van der Waals surface area contributed by atoms with E-state index in [1.54, 1.807) is 0 Å². The number of halogens is 3. The molecular weight excluding hydrogens is 331 g/mol. The minimum atomic E-state index is -4.59. The van der Waals surface area contributed by atoms with Crippen LogP contribution >= 0.6 is 0 Å². The molecule has 0 radical (unpaired) electrons. The second-order valence-corrected chi connectivity index (χ2v) is 5.59. The van der Waals surface area contributed by atoms with Crippen LogP contribution in [0.2, 0.25) is 0 Å². The summed E-state index contributed by atoms with van der Waals surface area (Å²) in [5.41, 5.74) is 0. The van der Waals surface area contributed by atoms with Crippen molar-refractivity contribution in [3.63, 3.8) is 0 Å². The number of imide groups is 1. The maximum Gasteiger partial charge on any atom is 0.451 e. The molecule has 0 bridgehead atoms. The fourth-order valence-electron chi connectivity index (χ4n) is 2.82. The molecule has 0 atom stereocenters. The van der Waals surface area contributed by atoms with E-state index in [4.69, 9.17) is 0 Å². The van der Waals surface area contributed by atoms with E-state index < -0.39 is 12.0 Å². The SMILES string of the molecule is O=C(CCN1C(=O)CCC1=O)N1CCn2c(nnc2C(F)(F)F)C1. The van der Waals surface area contributed by atoms with Gasteiger partial charge in [0.1, 0.15) is 0 Å². The molecule has 0 N–H and O–H groups in total. The van der Waals surface area contributed by atoms with Gasteiger partial charge in [0.25, 0.3) is 0 Å². The first-order chi connectivity index (χ1) is 11.3. The Balaban J connectivity index is 1.61. The number of amides is 3. The van der Waals surface area contributed by atoms with Gasteiger partial charge in [0.05, 0.1) is 6.54 Å². The van der Waals surface area contributed by atoms with Crippen molar-refractivity contribution in [1.82, 2.24) is 24.6 Å². The van der Waals surface area contributed by atoms with E-state index in [-0.39, 0.29) is 69.0 Å². The van der Waals surface area contributed by atoms with Gasteiger partial charge < -0.3 is 9.47 Å². The smallest absolute Gasteiger partial charge is 0.333 e. The van der Waals surface area contributed by atoms with Crippen molar-refractivity contribution in [1.29, 1.82) is 0 Å². The zero-order chi connectivity index (χ0) is 17.5. The van der Waals surface area contributed by atoms with Gasteiger partial charge >= 0.3 is 6.18 Å². The lowest BCUT2D eigenvalue weighted by Crippen LogP contribution is -2.41. The Morgan fingerprint density at radius 2 is 1.75 bits per heavy atom. The highest BCUT2D eigenvalue weighted by atomic mass is 19.4. The lowest BCUT2D eigenvalue weighted by molar-refractivity contribution is -0.148. The van der Waals surface area contributed by atoms with Crippen LogP contribution in [0.3, 0.4) is 0 Å². The third-order valence-electron chi connectivity index (χ3n) is 4.06. The van der Waals surface area contributed by atoms with Gasteiger partial charge in [0.15, 0.2) is 5.82 Å². The Hall–Kier alpha value is -2.46. The molecule has 1 saturated heterocycles. The van der Waals surface area contributed by atoms with Crippen LogP contribution < -0.4 is 0 Å². The second-order valence-electron chi connectivity index (χ2n) is 5.59. The lowest BCUT2D eigenvalue weighted by Gasteiger charge is -2.28. The highest BCUT2D eigenvalue weighted by Crippen LogP contribution is 2.29. The topological polar surface area (TPSA) is 88.4 Å². The fraction of sp³-hybridized carbons (Fsp3) is 0.615. The van der Waals surface area contributed by atoms with Gasteiger partial charge in [0.2, 0.25) is 23.5 Å². The average Bonchev–Trinajstić information content (AvgIpc) is 3.08. The molecule has 0 aliphatic carbocycles. The summed E-state index contributed by atoms with van der Waals surface area (Å²) < 4.78 is 39.2. The number of hydrogen-bond donors (Lipinski definition) is 0. The first kappa shape index (κ1) is 16.4. The van der Waals surface area contributed by atoms with Crippen molar-refractivity contribution in [3.05, 3.63) is 11.6 Å². The minimum Gasteiger partial charge on any atom is -0.333 e. The monoisotopic (exact) mass is 345 g/mol. The number of fused-ring (bicyclic) bond motifs is 1. The van der Waals surface area contributed by atoms with Crippen molar-refractivity contribution in [2.45, 2.75) is 38.5 Å². The molecule has 0 unspecified atom stereocenters. The summed E-state index contributed by atoms with van der Waals surface area (Å²) in [4.78, 5) is 37.6. The highest BCUT2D eigenvalue weighted by Gasteiger charge is 2.40. The lowest BCUT2D eigenvalue weighted by atomic mass is 10.3. The number of alkyl halides is 3. The van der Waals surface area contributed by atoms with Crippen molar-refractivity contribution < 1.29 is 27.6 Å². The van der Waals surface area contributed by atoms with Crippen LogP contribution in [0.1, 0.15) is 30.9 Å². The summed E-state index contributed by atoms with van der Waals surface area (Å²) in [5.74, 6) is -1.96. The minimum absolute atomic E-state index is 0.00646. The van der Waals surface area contributed by atoms with Gasteiger partial charge in [-0.1, -0.05) is 0 Å². The normalized spacial score (nSPS) is 18.3. The van der Waals surface area contributed by atoms with E-state index in [2.05, 4.69) is 10.2 Å². The van der Waals surface area contributed by atoms with Crippen LogP contribution in [0, 0.1) is 0 Å². The quantitative estimate of drug-likeness (QED) is 0.729. The maximum atomic E-state index is 12.8. The number of carbonyl (C=O) groups is 3. The van der Waals surface area contributed by atoms with Crippen LogP contribution in [-0.4, -0.2) is 55.4 Å². The molecule has 0 saturated carbocycles. The predicted molar refractivity (Wildman–Crippen MR) is 71.0 cm³/mol. The first-order valence-electron chi connectivity index (χ1n) is 7.37. The van der Waals surface area contributed by atoms with E-state index in [0.717, 1.165) is 9.47 Å². The average molecular weight is 345 g/mol. The zero-order valence-corrected chi connectivity index (χ0v) is 12.5. The van der Waals surface area contributed by atoms with Crippen molar-refractivity contribution in [2.75, 3.05) is 13.1 Å². The van der Waals surface area contributed by atoms with Crippen LogP contribution in [0.15, 0.2) is 0 Å². The fourth-order valence-corrected chi connectivity index (χ4v) is 2.82. The zero-order valence-electron chi connectivity index (χ0n) is 12.5. The molecule has 8 nitrogen and oxygen atoms in total. The second kappa shape index (κ2) is 5.87. The van der Waals surface area contributed by atoms with Crippen molar-refractivity contribution >= 4 is 17.7 Å². The van der Waals surface area contributed by atoms with Gasteiger partial charge in [0, 0.05) is 38.9 Å². The Labute approximate surface area is 134 Å². The van der Waals surface area contributed by atoms with Crippen LogP contribution in [0.25, 0.3) is 0 Å². The molecule has 1 aromatic rings. The van der Waals surface area contributed by atoms with E-state index in [0.29, 0.717) is 0 Å². The van der Waals surface area contributed by atoms with E-state index in [1.165, 1.54) is 4.90 Å². The van der Waals surface area contributed by atoms with E-state index >= 15 is 0 Å². The summed E-state index contributed by atoms with van der Waals surface area (Å²) >= 11 is 0. The Morgan fingerprint density at radius 1 is 1.08 bits per heavy atom. The molecule has 1 fully saturated rings. The highest BCUT2D eigenvalue weighted by molar-refractivity contribution is 6.02. The number of carbonyl (C=O) groups excluding carboxylic acids is 3. The molecule has 1 aromatic heterocycles. The van der Waals surface area contributed by atoms with E-state index in [9.17, 15) is 27.6 Å². The van der Waals surface area contributed by atoms with Crippen molar-refractivity contribution in [3.8, 4) is 0 Å². The molecule has 2 aliphatic heterocycles. The Kier molecular flexibility index (Phi) is 4.01. The Bertz CT molecular complexity index is 684. The summed E-state index contributed by atoms with van der Waals surface area (Å²) in [5, 5.41) is 6.64. The van der Waals surface area contributed by atoms with Gasteiger partial charge in [-0.2, -0.15) is 13.2 Å². The summed E-state index contributed by atoms with van der Waals surface area (Å²) in [7, 11) is 0. The summed E-state index contributed by atoms with van der Waals surface area (Å²) in [6.07, 6.45) is -4.34. The maximum absolute atomic E-state index is 12.8. The number of hydrogen-bond acceptors (Lipinski definition) is 5. The van der Waals surface area contributed by atoms with Gasteiger partial charge in [-0.25, -0.2) is 0 Å².